The molecule has 0 radical (unpaired) electrons. The van der Waals surface area contributed by atoms with Crippen molar-refractivity contribution in [2.75, 3.05) is 5.32 Å². The van der Waals surface area contributed by atoms with Crippen molar-refractivity contribution in [2.24, 2.45) is 5.41 Å². The Morgan fingerprint density at radius 3 is 2.70 bits per heavy atom. The molecule has 0 saturated heterocycles. The van der Waals surface area contributed by atoms with Crippen molar-refractivity contribution >= 4 is 23.4 Å². The smallest absolute Gasteiger partial charge is 0.305 e. The maximum Gasteiger partial charge on any atom is 0.305 e. The fourth-order valence-electron chi connectivity index (χ4n) is 2.01. The second kappa shape index (κ2) is 6.54. The lowest BCUT2D eigenvalue weighted by Gasteiger charge is -2.31. The number of rotatable bonds is 5. The summed E-state index contributed by atoms with van der Waals surface area (Å²) in [5, 5.41) is 11.7. The SMILES string of the molecule is CC(C)(C)C(CC(=O)O)Nc1nc(Cl)nc(-c2ccco2)c1F. The van der Waals surface area contributed by atoms with Crippen LogP contribution in [0.4, 0.5) is 10.2 Å². The monoisotopic (exact) mass is 341 g/mol. The van der Waals surface area contributed by atoms with Gasteiger partial charge in [0.05, 0.1) is 12.7 Å². The van der Waals surface area contributed by atoms with Gasteiger partial charge in [-0.25, -0.2) is 9.37 Å². The van der Waals surface area contributed by atoms with E-state index in [1.165, 1.54) is 6.26 Å². The molecule has 2 aromatic rings. The Morgan fingerprint density at radius 2 is 2.17 bits per heavy atom. The van der Waals surface area contributed by atoms with Gasteiger partial charge in [-0.1, -0.05) is 20.8 Å². The quantitative estimate of drug-likeness (QED) is 0.803. The van der Waals surface area contributed by atoms with E-state index in [4.69, 9.17) is 21.1 Å². The molecule has 0 amide bonds. The van der Waals surface area contributed by atoms with Crippen molar-refractivity contribution in [3.8, 4) is 11.5 Å². The largest absolute Gasteiger partial charge is 0.481 e. The van der Waals surface area contributed by atoms with Gasteiger partial charge in [-0.15, -0.1) is 0 Å². The summed E-state index contributed by atoms with van der Waals surface area (Å²) in [7, 11) is 0. The molecule has 0 aliphatic rings. The molecule has 2 aromatic heterocycles. The number of hydrogen-bond donors (Lipinski definition) is 2. The van der Waals surface area contributed by atoms with Crippen LogP contribution in [0.15, 0.2) is 22.8 Å². The number of nitrogens with one attached hydrogen (secondary N) is 1. The van der Waals surface area contributed by atoms with Gasteiger partial charge in [-0.05, 0) is 29.1 Å². The molecule has 124 valence electrons. The summed E-state index contributed by atoms with van der Waals surface area (Å²) in [5.74, 6) is -1.69. The minimum absolute atomic E-state index is 0.0829. The standard InChI is InChI=1S/C15H17ClFN3O3/c1-15(2,3)9(7-10(21)22)18-13-11(17)12(19-14(16)20-13)8-5-4-6-23-8/h4-6,9H,7H2,1-3H3,(H,21,22)(H,18,19,20). The highest BCUT2D eigenvalue weighted by Crippen LogP contribution is 2.30. The Balaban J connectivity index is 2.41. The van der Waals surface area contributed by atoms with Crippen LogP contribution in [0.5, 0.6) is 0 Å². The lowest BCUT2D eigenvalue weighted by molar-refractivity contribution is -0.137. The van der Waals surface area contributed by atoms with E-state index in [1.54, 1.807) is 12.1 Å². The van der Waals surface area contributed by atoms with Gasteiger partial charge in [-0.3, -0.25) is 4.79 Å². The summed E-state index contributed by atoms with van der Waals surface area (Å²) in [6.45, 7) is 5.55. The van der Waals surface area contributed by atoms with Gasteiger partial charge in [0, 0.05) is 6.04 Å². The topological polar surface area (TPSA) is 88.2 Å². The van der Waals surface area contributed by atoms with E-state index in [0.29, 0.717) is 0 Å². The normalized spacial score (nSPS) is 12.9. The molecule has 0 spiro atoms. The van der Waals surface area contributed by atoms with Gasteiger partial charge >= 0.3 is 5.97 Å². The van der Waals surface area contributed by atoms with E-state index in [9.17, 15) is 9.18 Å². The molecule has 0 saturated carbocycles. The molecule has 1 unspecified atom stereocenters. The number of nitrogens with zero attached hydrogens (tertiary/aromatic N) is 2. The number of furan rings is 1. The Bertz CT molecular complexity index is 699. The average molecular weight is 342 g/mol. The summed E-state index contributed by atoms with van der Waals surface area (Å²) in [6, 6.07) is 2.59. The summed E-state index contributed by atoms with van der Waals surface area (Å²) >= 11 is 5.86. The number of carboxylic acid groups (broad SMARTS) is 1. The van der Waals surface area contributed by atoms with Crippen molar-refractivity contribution in [1.29, 1.82) is 0 Å². The van der Waals surface area contributed by atoms with Crippen LogP contribution in [0.2, 0.25) is 5.28 Å². The van der Waals surface area contributed by atoms with Crippen LogP contribution in [-0.4, -0.2) is 27.1 Å². The highest BCUT2D eigenvalue weighted by Gasteiger charge is 2.29. The molecule has 0 aromatic carbocycles. The van der Waals surface area contributed by atoms with E-state index in [0.717, 1.165) is 0 Å². The van der Waals surface area contributed by atoms with E-state index < -0.39 is 23.2 Å². The molecule has 2 N–H and O–H groups in total. The molecule has 23 heavy (non-hydrogen) atoms. The predicted molar refractivity (Wildman–Crippen MR) is 83.8 cm³/mol. The van der Waals surface area contributed by atoms with E-state index in [2.05, 4.69) is 15.3 Å². The number of hydrogen-bond acceptors (Lipinski definition) is 5. The van der Waals surface area contributed by atoms with Gasteiger partial charge in [0.1, 0.15) is 5.69 Å². The first-order valence-corrected chi connectivity index (χ1v) is 7.31. The zero-order valence-electron chi connectivity index (χ0n) is 12.9. The summed E-state index contributed by atoms with van der Waals surface area (Å²) in [4.78, 5) is 18.7. The fourth-order valence-corrected chi connectivity index (χ4v) is 2.17. The number of aliphatic carboxylic acids is 1. The molecule has 1 atom stereocenters. The van der Waals surface area contributed by atoms with Gasteiger partial charge in [0.25, 0.3) is 0 Å². The van der Waals surface area contributed by atoms with Gasteiger partial charge in [-0.2, -0.15) is 4.98 Å². The maximum absolute atomic E-state index is 14.6. The first kappa shape index (κ1) is 17.2. The van der Waals surface area contributed by atoms with E-state index >= 15 is 0 Å². The van der Waals surface area contributed by atoms with Crippen LogP contribution in [0, 0.1) is 11.2 Å². The Labute approximate surface area is 137 Å². The van der Waals surface area contributed by atoms with Crippen LogP contribution >= 0.6 is 11.6 Å². The maximum atomic E-state index is 14.6. The highest BCUT2D eigenvalue weighted by molar-refractivity contribution is 6.28. The van der Waals surface area contributed by atoms with Crippen molar-refractivity contribution in [2.45, 2.75) is 33.2 Å². The minimum atomic E-state index is -0.996. The van der Waals surface area contributed by atoms with E-state index in [-0.39, 0.29) is 29.0 Å². The lowest BCUT2D eigenvalue weighted by Crippen LogP contribution is -2.36. The first-order valence-electron chi connectivity index (χ1n) is 6.93. The zero-order valence-corrected chi connectivity index (χ0v) is 13.7. The molecule has 8 heteroatoms. The van der Waals surface area contributed by atoms with Crippen LogP contribution in [0.25, 0.3) is 11.5 Å². The molecule has 2 heterocycles. The third kappa shape index (κ3) is 4.19. The number of anilines is 1. The Morgan fingerprint density at radius 1 is 1.48 bits per heavy atom. The van der Waals surface area contributed by atoms with E-state index in [1.807, 2.05) is 20.8 Å². The number of carbonyl (C=O) groups is 1. The third-order valence-corrected chi connectivity index (χ3v) is 3.48. The summed E-state index contributed by atoms with van der Waals surface area (Å²) < 4.78 is 19.8. The van der Waals surface area contributed by atoms with Crippen molar-refractivity contribution in [1.82, 2.24) is 9.97 Å². The van der Waals surface area contributed by atoms with Crippen LogP contribution in [0.3, 0.4) is 0 Å². The van der Waals surface area contributed by atoms with Gasteiger partial charge < -0.3 is 14.8 Å². The second-order valence-electron chi connectivity index (χ2n) is 6.14. The zero-order chi connectivity index (χ0) is 17.2. The average Bonchev–Trinajstić information content (AvgIpc) is 2.94. The summed E-state index contributed by atoms with van der Waals surface area (Å²) in [5.41, 5.74) is -0.520. The van der Waals surface area contributed by atoms with Gasteiger partial charge in [0.15, 0.2) is 17.4 Å². The van der Waals surface area contributed by atoms with Crippen LogP contribution in [0.1, 0.15) is 27.2 Å². The highest BCUT2D eigenvalue weighted by atomic mass is 35.5. The molecule has 0 aliphatic carbocycles. The van der Waals surface area contributed by atoms with Crippen LogP contribution in [-0.2, 0) is 4.79 Å². The van der Waals surface area contributed by atoms with Crippen LogP contribution < -0.4 is 5.32 Å². The molecule has 0 fully saturated rings. The molecule has 2 rings (SSSR count). The van der Waals surface area contributed by atoms with Gasteiger partial charge in [0.2, 0.25) is 5.28 Å². The molecular weight excluding hydrogens is 325 g/mol. The second-order valence-corrected chi connectivity index (χ2v) is 6.48. The number of aromatic nitrogens is 2. The minimum Gasteiger partial charge on any atom is -0.481 e. The molecule has 6 nitrogen and oxygen atoms in total. The molecule has 0 aliphatic heterocycles. The molecular formula is C15H17ClFN3O3. The molecule has 0 bridgehead atoms. The number of carboxylic acids is 1. The van der Waals surface area contributed by atoms with Crippen molar-refractivity contribution < 1.29 is 18.7 Å². The number of halogens is 2. The van der Waals surface area contributed by atoms with Crippen molar-refractivity contribution in [3.05, 3.63) is 29.5 Å². The lowest BCUT2D eigenvalue weighted by atomic mass is 9.84. The first-order chi connectivity index (χ1) is 10.7. The Kier molecular flexibility index (Phi) is 4.89. The summed E-state index contributed by atoms with van der Waals surface area (Å²) in [6.07, 6.45) is 1.20. The van der Waals surface area contributed by atoms with Crippen molar-refractivity contribution in [3.63, 3.8) is 0 Å². The fraction of sp³-hybridized carbons (Fsp3) is 0.400. The predicted octanol–water partition coefficient (Wildman–Crippen LogP) is 3.83. The third-order valence-electron chi connectivity index (χ3n) is 3.31. The Hall–Kier alpha value is -2.15.